The van der Waals surface area contributed by atoms with Crippen molar-refractivity contribution in [1.82, 2.24) is 25.5 Å². The molecule has 6 nitrogen and oxygen atoms in total. The van der Waals surface area contributed by atoms with Gasteiger partial charge in [0.1, 0.15) is 11.5 Å². The standard InChI is InChI=1S/C15H18N6/c1-16-9-10-21(2)13-7-3-6-12(18-13)14-11-5-4-8-17-15(11)20-19-14/h3-8,16H,9-10H2,1-2H3,(H,17,19,20). The van der Waals surface area contributed by atoms with Crippen LogP contribution in [0.1, 0.15) is 0 Å². The Kier molecular flexibility index (Phi) is 3.79. The van der Waals surface area contributed by atoms with Gasteiger partial charge in [-0.25, -0.2) is 9.97 Å². The van der Waals surface area contributed by atoms with Crippen LogP contribution in [0.25, 0.3) is 22.4 Å². The first-order valence-electron chi connectivity index (χ1n) is 6.92. The fourth-order valence-corrected chi connectivity index (χ4v) is 2.21. The molecule has 0 bridgehead atoms. The topological polar surface area (TPSA) is 69.7 Å². The Hall–Kier alpha value is -2.47. The molecule has 21 heavy (non-hydrogen) atoms. The zero-order valence-corrected chi connectivity index (χ0v) is 12.2. The molecule has 2 N–H and O–H groups in total. The van der Waals surface area contributed by atoms with E-state index in [2.05, 4.69) is 25.4 Å². The van der Waals surface area contributed by atoms with Crippen molar-refractivity contribution in [1.29, 1.82) is 0 Å². The van der Waals surface area contributed by atoms with Gasteiger partial charge in [-0.15, -0.1) is 0 Å². The van der Waals surface area contributed by atoms with Crippen molar-refractivity contribution < 1.29 is 0 Å². The van der Waals surface area contributed by atoms with Gasteiger partial charge in [0.15, 0.2) is 5.65 Å². The van der Waals surface area contributed by atoms with Gasteiger partial charge in [0, 0.05) is 31.7 Å². The van der Waals surface area contributed by atoms with Crippen molar-refractivity contribution >= 4 is 16.9 Å². The van der Waals surface area contributed by atoms with E-state index in [9.17, 15) is 0 Å². The molecule has 0 unspecified atom stereocenters. The Morgan fingerprint density at radius 2 is 2.14 bits per heavy atom. The molecule has 3 aromatic heterocycles. The molecule has 0 saturated carbocycles. The Bertz CT molecular complexity index is 736. The van der Waals surface area contributed by atoms with Crippen LogP contribution in [0.3, 0.4) is 0 Å². The average Bonchev–Trinajstić information content (AvgIpc) is 2.97. The number of likely N-dealkylation sites (N-methyl/N-ethyl adjacent to an activating group) is 2. The van der Waals surface area contributed by atoms with Crippen LogP contribution in [0, 0.1) is 0 Å². The number of H-pyrrole nitrogens is 1. The van der Waals surface area contributed by atoms with Crippen LogP contribution in [0.2, 0.25) is 0 Å². The normalized spacial score (nSPS) is 11.0. The van der Waals surface area contributed by atoms with Crippen LogP contribution in [0.4, 0.5) is 5.82 Å². The van der Waals surface area contributed by atoms with Gasteiger partial charge < -0.3 is 10.2 Å². The number of pyridine rings is 2. The summed E-state index contributed by atoms with van der Waals surface area (Å²) in [6.07, 6.45) is 1.75. The van der Waals surface area contributed by atoms with E-state index in [1.165, 1.54) is 0 Å². The molecule has 108 valence electrons. The van der Waals surface area contributed by atoms with Gasteiger partial charge in [-0.1, -0.05) is 6.07 Å². The Labute approximate surface area is 123 Å². The lowest BCUT2D eigenvalue weighted by Crippen LogP contribution is -2.27. The van der Waals surface area contributed by atoms with Crippen molar-refractivity contribution in [3.8, 4) is 11.4 Å². The molecule has 0 aliphatic carbocycles. The van der Waals surface area contributed by atoms with Crippen molar-refractivity contribution in [2.45, 2.75) is 0 Å². The molecule has 0 aliphatic rings. The first-order valence-corrected chi connectivity index (χ1v) is 6.92. The lowest BCUT2D eigenvalue weighted by Gasteiger charge is -2.18. The van der Waals surface area contributed by atoms with Gasteiger partial charge >= 0.3 is 0 Å². The monoisotopic (exact) mass is 282 g/mol. The minimum absolute atomic E-state index is 0.781. The predicted molar refractivity (Wildman–Crippen MR) is 84.3 cm³/mol. The van der Waals surface area contributed by atoms with Gasteiger partial charge in [0.25, 0.3) is 0 Å². The van der Waals surface area contributed by atoms with E-state index in [0.717, 1.165) is 41.3 Å². The fraction of sp³-hybridized carbons (Fsp3) is 0.267. The van der Waals surface area contributed by atoms with Crippen LogP contribution in [-0.4, -0.2) is 47.4 Å². The second-order valence-electron chi connectivity index (χ2n) is 4.88. The van der Waals surface area contributed by atoms with E-state index in [1.54, 1.807) is 6.20 Å². The van der Waals surface area contributed by atoms with Crippen LogP contribution >= 0.6 is 0 Å². The summed E-state index contributed by atoms with van der Waals surface area (Å²) in [4.78, 5) is 11.1. The lowest BCUT2D eigenvalue weighted by molar-refractivity contribution is 0.762. The Morgan fingerprint density at radius 3 is 3.00 bits per heavy atom. The summed E-state index contributed by atoms with van der Waals surface area (Å²) in [5, 5.41) is 11.4. The van der Waals surface area contributed by atoms with Gasteiger partial charge in [-0.2, -0.15) is 5.10 Å². The highest BCUT2D eigenvalue weighted by molar-refractivity contribution is 5.89. The van der Waals surface area contributed by atoms with Gasteiger partial charge in [0.2, 0.25) is 0 Å². The predicted octanol–water partition coefficient (Wildman–Crippen LogP) is 1.68. The van der Waals surface area contributed by atoms with Gasteiger partial charge in [0.05, 0.1) is 5.69 Å². The van der Waals surface area contributed by atoms with Crippen LogP contribution in [0.15, 0.2) is 36.5 Å². The summed E-state index contributed by atoms with van der Waals surface area (Å²) in [6.45, 7) is 1.81. The van der Waals surface area contributed by atoms with Crippen molar-refractivity contribution in [2.24, 2.45) is 0 Å². The largest absolute Gasteiger partial charge is 0.358 e. The molecule has 0 radical (unpaired) electrons. The number of hydrogen-bond acceptors (Lipinski definition) is 5. The Morgan fingerprint density at radius 1 is 1.24 bits per heavy atom. The Balaban J connectivity index is 1.96. The number of aromatic amines is 1. The van der Waals surface area contributed by atoms with Crippen LogP contribution in [-0.2, 0) is 0 Å². The summed E-state index contributed by atoms with van der Waals surface area (Å²) < 4.78 is 0. The molecule has 0 spiro atoms. The van der Waals surface area contributed by atoms with E-state index < -0.39 is 0 Å². The van der Waals surface area contributed by atoms with Crippen LogP contribution < -0.4 is 10.2 Å². The molecular weight excluding hydrogens is 264 g/mol. The summed E-state index contributed by atoms with van der Waals surface area (Å²) >= 11 is 0. The maximum atomic E-state index is 4.71. The first kappa shape index (κ1) is 13.5. The van der Waals surface area contributed by atoms with Crippen molar-refractivity contribution in [3.05, 3.63) is 36.5 Å². The molecule has 6 heteroatoms. The number of nitrogens with zero attached hydrogens (tertiary/aromatic N) is 4. The van der Waals surface area contributed by atoms with Gasteiger partial charge in [-0.05, 0) is 31.3 Å². The first-order chi connectivity index (χ1) is 10.3. The average molecular weight is 282 g/mol. The number of nitrogens with one attached hydrogen (secondary N) is 2. The summed E-state index contributed by atoms with van der Waals surface area (Å²) in [5.74, 6) is 0.933. The minimum atomic E-state index is 0.781. The van der Waals surface area contributed by atoms with Gasteiger partial charge in [-0.3, -0.25) is 5.10 Å². The highest BCUT2D eigenvalue weighted by Crippen LogP contribution is 2.24. The summed E-state index contributed by atoms with van der Waals surface area (Å²) in [5.41, 5.74) is 2.47. The quantitative estimate of drug-likeness (QED) is 0.745. The van der Waals surface area contributed by atoms with E-state index in [1.807, 2.05) is 44.4 Å². The molecule has 0 saturated heterocycles. The molecule has 0 atom stereocenters. The second kappa shape index (κ2) is 5.88. The van der Waals surface area contributed by atoms with Crippen molar-refractivity contribution in [3.63, 3.8) is 0 Å². The molecular formula is C15H18N6. The number of rotatable bonds is 5. The fourth-order valence-electron chi connectivity index (χ4n) is 2.21. The van der Waals surface area contributed by atoms with E-state index in [0.29, 0.717) is 0 Å². The third-order valence-electron chi connectivity index (χ3n) is 3.40. The van der Waals surface area contributed by atoms with E-state index in [-0.39, 0.29) is 0 Å². The molecule has 0 amide bonds. The zero-order chi connectivity index (χ0) is 14.7. The summed E-state index contributed by atoms with van der Waals surface area (Å²) in [7, 11) is 3.98. The lowest BCUT2D eigenvalue weighted by atomic mass is 10.2. The SMILES string of the molecule is CNCCN(C)c1cccc(-c2n[nH]c3ncccc23)n1. The van der Waals surface area contributed by atoms with Crippen molar-refractivity contribution in [2.75, 3.05) is 32.1 Å². The number of aromatic nitrogens is 4. The molecule has 3 aromatic rings. The highest BCUT2D eigenvalue weighted by Gasteiger charge is 2.11. The minimum Gasteiger partial charge on any atom is -0.358 e. The molecule has 3 rings (SSSR count). The third-order valence-corrected chi connectivity index (χ3v) is 3.40. The summed E-state index contributed by atoms with van der Waals surface area (Å²) in [6, 6.07) is 9.89. The number of hydrogen-bond donors (Lipinski definition) is 2. The molecule has 3 heterocycles. The van der Waals surface area contributed by atoms with E-state index in [4.69, 9.17) is 4.98 Å². The molecule has 0 aliphatic heterocycles. The maximum Gasteiger partial charge on any atom is 0.155 e. The molecule has 0 fully saturated rings. The number of fused-ring (bicyclic) bond motifs is 1. The molecule has 0 aromatic carbocycles. The van der Waals surface area contributed by atoms with Crippen LogP contribution in [0.5, 0.6) is 0 Å². The maximum absolute atomic E-state index is 4.71. The highest BCUT2D eigenvalue weighted by atomic mass is 15.2. The number of anilines is 1. The van der Waals surface area contributed by atoms with E-state index >= 15 is 0 Å². The smallest absolute Gasteiger partial charge is 0.155 e. The third kappa shape index (κ3) is 2.71. The second-order valence-corrected chi connectivity index (χ2v) is 4.88. The zero-order valence-electron chi connectivity index (χ0n) is 12.2.